The Kier molecular flexibility index (Phi) is 8.62. The molecular formula is C19H36IN5O3. The van der Waals surface area contributed by atoms with E-state index in [-0.39, 0.29) is 30.1 Å². The number of halogens is 1. The van der Waals surface area contributed by atoms with Crippen molar-refractivity contribution in [2.24, 2.45) is 4.99 Å². The molecule has 162 valence electrons. The van der Waals surface area contributed by atoms with Crippen molar-refractivity contribution >= 4 is 36.0 Å². The lowest BCUT2D eigenvalue weighted by Gasteiger charge is -2.35. The Hall–Kier alpha value is -0.810. The van der Waals surface area contributed by atoms with Gasteiger partial charge in [0.05, 0.1) is 18.2 Å². The molecule has 2 N–H and O–H groups in total. The zero-order chi connectivity index (χ0) is 19.4. The Morgan fingerprint density at radius 2 is 1.93 bits per heavy atom. The first-order valence-electron chi connectivity index (χ1n) is 10.2. The molecule has 2 bridgehead atoms. The number of nitrogens with one attached hydrogen (secondary N) is 2. The first-order chi connectivity index (χ1) is 12.8. The lowest BCUT2D eigenvalue weighted by Crippen LogP contribution is -2.52. The summed E-state index contributed by atoms with van der Waals surface area (Å²) in [5.41, 5.74) is -0.440. The smallest absolute Gasteiger partial charge is 0.410 e. The Morgan fingerprint density at radius 3 is 2.46 bits per heavy atom. The van der Waals surface area contributed by atoms with E-state index in [2.05, 4.69) is 20.5 Å². The van der Waals surface area contributed by atoms with Crippen molar-refractivity contribution in [1.29, 1.82) is 0 Å². The minimum absolute atomic E-state index is 0. The second-order valence-electron chi connectivity index (χ2n) is 8.67. The largest absolute Gasteiger partial charge is 0.444 e. The van der Waals surface area contributed by atoms with E-state index in [1.54, 1.807) is 4.90 Å². The molecule has 3 fully saturated rings. The lowest BCUT2D eigenvalue weighted by molar-refractivity contribution is 0.0147. The van der Waals surface area contributed by atoms with E-state index in [0.29, 0.717) is 31.3 Å². The van der Waals surface area contributed by atoms with Crippen LogP contribution < -0.4 is 10.6 Å². The molecule has 0 saturated carbocycles. The number of carbonyl (C=O) groups excluding carboxylic acids is 1. The zero-order valence-electron chi connectivity index (χ0n) is 17.6. The van der Waals surface area contributed by atoms with Gasteiger partial charge in [-0.1, -0.05) is 0 Å². The molecule has 0 aliphatic carbocycles. The summed E-state index contributed by atoms with van der Waals surface area (Å²) in [6.45, 7) is 10.6. The molecule has 28 heavy (non-hydrogen) atoms. The molecule has 9 heteroatoms. The summed E-state index contributed by atoms with van der Waals surface area (Å²) in [6, 6.07) is 0.382. The summed E-state index contributed by atoms with van der Waals surface area (Å²) >= 11 is 0. The Labute approximate surface area is 185 Å². The van der Waals surface area contributed by atoms with Gasteiger partial charge in [-0.3, -0.25) is 9.89 Å². The minimum Gasteiger partial charge on any atom is -0.444 e. The van der Waals surface area contributed by atoms with E-state index in [1.165, 1.54) is 6.42 Å². The lowest BCUT2D eigenvalue weighted by atomic mass is 9.96. The first kappa shape index (κ1) is 23.5. The fraction of sp³-hybridized carbons (Fsp3) is 0.895. The van der Waals surface area contributed by atoms with Crippen LogP contribution in [0.2, 0.25) is 0 Å². The Bertz CT molecular complexity index is 546. The van der Waals surface area contributed by atoms with Gasteiger partial charge < -0.3 is 25.0 Å². The van der Waals surface area contributed by atoms with Gasteiger partial charge in [-0.25, -0.2) is 4.79 Å². The molecule has 0 radical (unpaired) electrons. The molecule has 3 rings (SSSR count). The molecule has 3 aliphatic heterocycles. The summed E-state index contributed by atoms with van der Waals surface area (Å²) in [4.78, 5) is 20.6. The summed E-state index contributed by atoms with van der Waals surface area (Å²) < 4.78 is 11.3. The maximum Gasteiger partial charge on any atom is 0.410 e. The van der Waals surface area contributed by atoms with Crippen LogP contribution in [-0.4, -0.2) is 92.0 Å². The summed E-state index contributed by atoms with van der Waals surface area (Å²) in [5, 5.41) is 6.91. The third-order valence-corrected chi connectivity index (χ3v) is 5.40. The van der Waals surface area contributed by atoms with E-state index in [9.17, 15) is 4.79 Å². The van der Waals surface area contributed by atoms with Gasteiger partial charge in [0.25, 0.3) is 0 Å². The van der Waals surface area contributed by atoms with Gasteiger partial charge in [-0.05, 0) is 40.0 Å². The SMILES string of the molecule is CN=C(NCCN1CCN(C(=O)OC(C)(C)C)CC1)NC1CC2CCC1O2.I. The number of hydrogen-bond donors (Lipinski definition) is 2. The monoisotopic (exact) mass is 509 g/mol. The van der Waals surface area contributed by atoms with Crippen molar-refractivity contribution in [2.75, 3.05) is 46.3 Å². The van der Waals surface area contributed by atoms with Gasteiger partial charge in [-0.2, -0.15) is 0 Å². The van der Waals surface area contributed by atoms with Crippen LogP contribution in [0.4, 0.5) is 4.79 Å². The predicted octanol–water partition coefficient (Wildman–Crippen LogP) is 1.64. The minimum atomic E-state index is -0.440. The number of amides is 1. The summed E-state index contributed by atoms with van der Waals surface area (Å²) in [6.07, 6.45) is 4.00. The van der Waals surface area contributed by atoms with Gasteiger partial charge in [0.2, 0.25) is 0 Å². The highest BCUT2D eigenvalue weighted by atomic mass is 127. The van der Waals surface area contributed by atoms with Gasteiger partial charge in [0.1, 0.15) is 5.60 Å². The number of piperazine rings is 1. The third kappa shape index (κ3) is 6.62. The molecule has 0 aromatic rings. The second-order valence-corrected chi connectivity index (χ2v) is 8.67. The average molecular weight is 509 g/mol. The van der Waals surface area contributed by atoms with Crippen LogP contribution in [0.3, 0.4) is 0 Å². The molecular weight excluding hydrogens is 473 g/mol. The predicted molar refractivity (Wildman–Crippen MR) is 120 cm³/mol. The summed E-state index contributed by atoms with van der Waals surface area (Å²) in [7, 11) is 1.81. The van der Waals surface area contributed by atoms with Crippen LogP contribution in [0.5, 0.6) is 0 Å². The van der Waals surface area contributed by atoms with E-state index in [4.69, 9.17) is 9.47 Å². The van der Waals surface area contributed by atoms with Crippen molar-refractivity contribution in [2.45, 2.75) is 63.9 Å². The molecule has 0 spiro atoms. The highest BCUT2D eigenvalue weighted by Crippen LogP contribution is 2.34. The standard InChI is InChI=1S/C19H35N5O3.HI/c1-19(2,3)27-18(25)24-11-9-23(10-12-24)8-7-21-17(20-4)22-15-13-14-5-6-16(15)26-14;/h14-16H,5-13H2,1-4H3,(H2,20,21,22);1H. The number of nitrogens with zero attached hydrogens (tertiary/aromatic N) is 3. The number of hydrogen-bond acceptors (Lipinski definition) is 5. The van der Waals surface area contributed by atoms with E-state index >= 15 is 0 Å². The molecule has 8 nitrogen and oxygen atoms in total. The van der Waals surface area contributed by atoms with Gasteiger partial charge in [0.15, 0.2) is 5.96 Å². The highest BCUT2D eigenvalue weighted by Gasteiger charge is 2.41. The average Bonchev–Trinajstić information content (AvgIpc) is 3.23. The molecule has 3 saturated heterocycles. The second kappa shape index (κ2) is 10.3. The van der Waals surface area contributed by atoms with Crippen LogP contribution in [0.1, 0.15) is 40.0 Å². The van der Waals surface area contributed by atoms with Crippen molar-refractivity contribution in [3.05, 3.63) is 0 Å². The van der Waals surface area contributed by atoms with Crippen LogP contribution in [0.25, 0.3) is 0 Å². The fourth-order valence-electron chi connectivity index (χ4n) is 3.97. The highest BCUT2D eigenvalue weighted by molar-refractivity contribution is 14.0. The maximum absolute atomic E-state index is 12.1. The van der Waals surface area contributed by atoms with Crippen molar-refractivity contribution in [3.63, 3.8) is 0 Å². The Morgan fingerprint density at radius 1 is 1.21 bits per heavy atom. The number of carbonyl (C=O) groups is 1. The molecule has 0 aromatic heterocycles. The third-order valence-electron chi connectivity index (χ3n) is 5.40. The molecule has 3 unspecified atom stereocenters. The van der Waals surface area contributed by atoms with Crippen molar-refractivity contribution < 1.29 is 14.3 Å². The van der Waals surface area contributed by atoms with Gasteiger partial charge in [0, 0.05) is 46.3 Å². The maximum atomic E-state index is 12.1. The number of fused-ring (bicyclic) bond motifs is 2. The quantitative estimate of drug-likeness (QED) is 0.341. The van der Waals surface area contributed by atoms with E-state index in [1.807, 2.05) is 27.8 Å². The van der Waals surface area contributed by atoms with Crippen LogP contribution in [0.15, 0.2) is 4.99 Å². The van der Waals surface area contributed by atoms with Crippen LogP contribution in [0, 0.1) is 0 Å². The first-order valence-corrected chi connectivity index (χ1v) is 10.2. The van der Waals surface area contributed by atoms with Crippen molar-refractivity contribution in [1.82, 2.24) is 20.4 Å². The fourth-order valence-corrected chi connectivity index (χ4v) is 3.97. The number of ether oxygens (including phenoxy) is 2. The molecule has 0 aromatic carbocycles. The van der Waals surface area contributed by atoms with Crippen molar-refractivity contribution in [3.8, 4) is 0 Å². The number of rotatable bonds is 4. The van der Waals surface area contributed by atoms with Crippen LogP contribution >= 0.6 is 24.0 Å². The normalized spacial score (nSPS) is 28.1. The van der Waals surface area contributed by atoms with E-state index in [0.717, 1.165) is 45.0 Å². The molecule has 3 aliphatic rings. The topological polar surface area (TPSA) is 78.4 Å². The van der Waals surface area contributed by atoms with Gasteiger partial charge in [-0.15, -0.1) is 24.0 Å². The summed E-state index contributed by atoms with van der Waals surface area (Å²) in [5.74, 6) is 0.851. The number of aliphatic imine (C=N–C) groups is 1. The molecule has 3 heterocycles. The molecule has 1 amide bonds. The number of guanidine groups is 1. The van der Waals surface area contributed by atoms with E-state index < -0.39 is 5.60 Å². The zero-order valence-corrected chi connectivity index (χ0v) is 19.9. The van der Waals surface area contributed by atoms with Gasteiger partial charge >= 0.3 is 6.09 Å². The Balaban J connectivity index is 0.00000280. The molecule has 3 atom stereocenters. The van der Waals surface area contributed by atoms with Crippen LogP contribution in [-0.2, 0) is 9.47 Å².